The van der Waals surface area contributed by atoms with E-state index in [0.717, 1.165) is 16.8 Å². The molecular formula is C22H20N6. The molecule has 6 nitrogen and oxygen atoms in total. The summed E-state index contributed by atoms with van der Waals surface area (Å²) in [7, 11) is 0. The third-order valence-electron chi connectivity index (χ3n) is 4.37. The maximum Gasteiger partial charge on any atom is 0.159 e. The van der Waals surface area contributed by atoms with Gasteiger partial charge in [-0.3, -0.25) is 4.98 Å². The van der Waals surface area contributed by atoms with Crippen molar-refractivity contribution in [3.8, 4) is 0 Å². The largest absolute Gasteiger partial charge is 0.393 e. The standard InChI is InChI=1S/C22H20N6/c23-19-21(27-18-11-13-24-14-12-18)25-15-26-22(19)28-20(16-7-3-1-4-8-16)17-9-5-2-6-10-17/h1-15,20H,23H2,(H2,24,25,26,27,28). The average Bonchev–Trinajstić information content (AvgIpc) is 2.76. The number of hydrogen-bond donors (Lipinski definition) is 3. The Balaban J connectivity index is 1.67. The van der Waals surface area contributed by atoms with E-state index in [-0.39, 0.29) is 6.04 Å². The topological polar surface area (TPSA) is 88.8 Å². The molecule has 4 N–H and O–H groups in total. The molecule has 0 amide bonds. The molecule has 2 heterocycles. The number of hydrogen-bond acceptors (Lipinski definition) is 6. The highest BCUT2D eigenvalue weighted by molar-refractivity contribution is 5.78. The van der Waals surface area contributed by atoms with Crippen molar-refractivity contribution in [3.05, 3.63) is 103 Å². The number of rotatable bonds is 6. The molecule has 2 aromatic heterocycles. The summed E-state index contributed by atoms with van der Waals surface area (Å²) in [5, 5.41) is 6.69. The number of benzene rings is 2. The van der Waals surface area contributed by atoms with Crippen LogP contribution >= 0.6 is 0 Å². The first kappa shape index (κ1) is 17.5. The number of anilines is 4. The highest BCUT2D eigenvalue weighted by Crippen LogP contribution is 2.31. The van der Waals surface area contributed by atoms with E-state index in [4.69, 9.17) is 5.73 Å². The van der Waals surface area contributed by atoms with Crippen LogP contribution in [-0.2, 0) is 0 Å². The Hall–Kier alpha value is -3.93. The molecule has 0 atom stereocenters. The lowest BCUT2D eigenvalue weighted by Gasteiger charge is -2.22. The van der Waals surface area contributed by atoms with Crippen molar-refractivity contribution in [3.63, 3.8) is 0 Å². The minimum Gasteiger partial charge on any atom is -0.393 e. The van der Waals surface area contributed by atoms with Gasteiger partial charge in [0.05, 0.1) is 6.04 Å². The predicted octanol–water partition coefficient (Wildman–Crippen LogP) is 4.40. The van der Waals surface area contributed by atoms with Crippen molar-refractivity contribution in [1.29, 1.82) is 0 Å². The molecule has 0 fully saturated rings. The van der Waals surface area contributed by atoms with E-state index >= 15 is 0 Å². The van der Waals surface area contributed by atoms with Gasteiger partial charge in [0.15, 0.2) is 11.6 Å². The van der Waals surface area contributed by atoms with E-state index in [1.165, 1.54) is 6.33 Å². The molecular weight excluding hydrogens is 348 g/mol. The molecule has 0 spiro atoms. The third-order valence-corrected chi connectivity index (χ3v) is 4.37. The van der Waals surface area contributed by atoms with Gasteiger partial charge < -0.3 is 16.4 Å². The Morgan fingerprint density at radius 1 is 0.714 bits per heavy atom. The van der Waals surface area contributed by atoms with Gasteiger partial charge in [0.2, 0.25) is 0 Å². The second kappa shape index (κ2) is 8.18. The highest BCUT2D eigenvalue weighted by Gasteiger charge is 2.17. The monoisotopic (exact) mass is 368 g/mol. The Labute approximate surface area is 163 Å². The summed E-state index contributed by atoms with van der Waals surface area (Å²) in [5.74, 6) is 1.12. The molecule has 138 valence electrons. The van der Waals surface area contributed by atoms with Gasteiger partial charge in [-0.1, -0.05) is 60.7 Å². The molecule has 0 aliphatic heterocycles. The van der Waals surface area contributed by atoms with Crippen LogP contribution in [0.5, 0.6) is 0 Å². The van der Waals surface area contributed by atoms with Crippen LogP contribution in [0.15, 0.2) is 91.5 Å². The fourth-order valence-corrected chi connectivity index (χ4v) is 2.97. The maximum atomic E-state index is 6.37. The molecule has 28 heavy (non-hydrogen) atoms. The van der Waals surface area contributed by atoms with E-state index in [2.05, 4.69) is 49.9 Å². The first-order valence-electron chi connectivity index (χ1n) is 8.95. The fourth-order valence-electron chi connectivity index (χ4n) is 2.97. The van der Waals surface area contributed by atoms with Gasteiger partial charge >= 0.3 is 0 Å². The Morgan fingerprint density at radius 2 is 1.29 bits per heavy atom. The van der Waals surface area contributed by atoms with Gasteiger partial charge in [0, 0.05) is 18.1 Å². The number of aromatic nitrogens is 3. The van der Waals surface area contributed by atoms with Gasteiger partial charge in [0.25, 0.3) is 0 Å². The van der Waals surface area contributed by atoms with Gasteiger partial charge in [-0.05, 0) is 23.3 Å². The smallest absolute Gasteiger partial charge is 0.159 e. The molecule has 0 aliphatic carbocycles. The molecule has 0 saturated heterocycles. The molecule has 0 saturated carbocycles. The summed E-state index contributed by atoms with van der Waals surface area (Å²) in [6.07, 6.45) is 4.91. The van der Waals surface area contributed by atoms with E-state index in [9.17, 15) is 0 Å². The van der Waals surface area contributed by atoms with Crippen LogP contribution in [0.1, 0.15) is 17.2 Å². The van der Waals surface area contributed by atoms with Gasteiger partial charge in [-0.2, -0.15) is 0 Å². The molecule has 0 unspecified atom stereocenters. The van der Waals surface area contributed by atoms with Crippen molar-refractivity contribution in [2.45, 2.75) is 6.04 Å². The second-order valence-corrected chi connectivity index (χ2v) is 6.24. The van der Waals surface area contributed by atoms with E-state index in [1.54, 1.807) is 12.4 Å². The summed E-state index contributed by atoms with van der Waals surface area (Å²) in [4.78, 5) is 12.7. The molecule has 6 heteroatoms. The highest BCUT2D eigenvalue weighted by atomic mass is 15.1. The van der Waals surface area contributed by atoms with Gasteiger partial charge in [-0.25, -0.2) is 9.97 Å². The Bertz CT molecular complexity index is 983. The first-order chi connectivity index (χ1) is 13.8. The SMILES string of the molecule is Nc1c(Nc2ccncc2)ncnc1NC(c1ccccc1)c1ccccc1. The number of pyridine rings is 1. The minimum absolute atomic E-state index is 0.0895. The second-order valence-electron chi connectivity index (χ2n) is 6.24. The number of nitrogens with zero attached hydrogens (tertiary/aromatic N) is 3. The minimum atomic E-state index is -0.0895. The van der Waals surface area contributed by atoms with Crippen molar-refractivity contribution < 1.29 is 0 Å². The van der Waals surface area contributed by atoms with Gasteiger partial charge in [-0.15, -0.1) is 0 Å². The van der Waals surface area contributed by atoms with Crippen LogP contribution in [0.4, 0.5) is 23.0 Å². The zero-order chi connectivity index (χ0) is 19.2. The Morgan fingerprint density at radius 3 is 1.89 bits per heavy atom. The number of nitrogen functional groups attached to an aromatic ring is 1. The van der Waals surface area contributed by atoms with Crippen molar-refractivity contribution in [2.24, 2.45) is 0 Å². The van der Waals surface area contributed by atoms with Crippen LogP contribution in [0.3, 0.4) is 0 Å². The van der Waals surface area contributed by atoms with E-state index < -0.39 is 0 Å². The maximum absolute atomic E-state index is 6.37. The fraction of sp³-hybridized carbons (Fsp3) is 0.0455. The lowest BCUT2D eigenvalue weighted by Crippen LogP contribution is -2.15. The molecule has 0 bridgehead atoms. The first-order valence-corrected chi connectivity index (χ1v) is 8.95. The van der Waals surface area contributed by atoms with Crippen molar-refractivity contribution in [1.82, 2.24) is 15.0 Å². The number of nitrogens with two attached hydrogens (primary N) is 1. The zero-order valence-electron chi connectivity index (χ0n) is 15.2. The summed E-state index contributed by atoms with van der Waals surface area (Å²) in [6.45, 7) is 0. The number of nitrogens with one attached hydrogen (secondary N) is 2. The lowest BCUT2D eigenvalue weighted by molar-refractivity contribution is 0.924. The predicted molar refractivity (Wildman–Crippen MR) is 112 cm³/mol. The quantitative estimate of drug-likeness (QED) is 0.467. The van der Waals surface area contributed by atoms with Crippen LogP contribution in [-0.4, -0.2) is 15.0 Å². The zero-order valence-corrected chi connectivity index (χ0v) is 15.2. The van der Waals surface area contributed by atoms with E-state index in [1.807, 2.05) is 48.5 Å². The molecule has 0 radical (unpaired) electrons. The van der Waals surface area contributed by atoms with E-state index in [0.29, 0.717) is 17.3 Å². The summed E-state index contributed by atoms with van der Waals surface area (Å²) < 4.78 is 0. The summed E-state index contributed by atoms with van der Waals surface area (Å²) in [5.41, 5.74) is 9.92. The summed E-state index contributed by atoms with van der Waals surface area (Å²) in [6, 6.07) is 24.0. The van der Waals surface area contributed by atoms with Crippen LogP contribution in [0, 0.1) is 0 Å². The van der Waals surface area contributed by atoms with Crippen molar-refractivity contribution in [2.75, 3.05) is 16.4 Å². The van der Waals surface area contributed by atoms with Gasteiger partial charge in [0.1, 0.15) is 12.0 Å². The lowest BCUT2D eigenvalue weighted by atomic mass is 9.99. The van der Waals surface area contributed by atoms with Crippen LogP contribution < -0.4 is 16.4 Å². The molecule has 2 aromatic carbocycles. The average molecular weight is 368 g/mol. The summed E-state index contributed by atoms with van der Waals surface area (Å²) >= 11 is 0. The molecule has 0 aliphatic rings. The van der Waals surface area contributed by atoms with Crippen LogP contribution in [0.2, 0.25) is 0 Å². The van der Waals surface area contributed by atoms with Crippen LogP contribution in [0.25, 0.3) is 0 Å². The molecule has 4 rings (SSSR count). The normalized spacial score (nSPS) is 10.6. The third kappa shape index (κ3) is 3.91. The Kier molecular flexibility index (Phi) is 5.11. The molecule has 4 aromatic rings. The van der Waals surface area contributed by atoms with Crippen molar-refractivity contribution >= 4 is 23.0 Å².